The first-order chi connectivity index (χ1) is 16.7. The summed E-state index contributed by atoms with van der Waals surface area (Å²) in [5.41, 5.74) is 0.110. The van der Waals surface area contributed by atoms with E-state index in [1.54, 1.807) is 16.8 Å². The van der Waals surface area contributed by atoms with Gasteiger partial charge in [-0.1, -0.05) is 18.2 Å². The summed E-state index contributed by atoms with van der Waals surface area (Å²) in [7, 11) is 1.61. The maximum Gasteiger partial charge on any atom is 0.324 e. The quantitative estimate of drug-likeness (QED) is 0.618. The van der Waals surface area contributed by atoms with E-state index in [1.807, 2.05) is 37.3 Å². The molecule has 8 heteroatoms. The van der Waals surface area contributed by atoms with Gasteiger partial charge < -0.3 is 14.9 Å². The molecule has 35 heavy (non-hydrogen) atoms. The van der Waals surface area contributed by atoms with E-state index in [2.05, 4.69) is 0 Å². The van der Waals surface area contributed by atoms with Gasteiger partial charge in [0, 0.05) is 44.0 Å². The van der Waals surface area contributed by atoms with Gasteiger partial charge in [0.1, 0.15) is 5.82 Å². The normalized spacial score (nSPS) is 18.0. The average molecular weight is 482 g/mol. The van der Waals surface area contributed by atoms with Crippen LogP contribution in [0.4, 0.5) is 20.6 Å². The number of benzene rings is 2. The Kier molecular flexibility index (Phi) is 7.10. The fourth-order valence-corrected chi connectivity index (χ4v) is 4.94. The van der Waals surface area contributed by atoms with Gasteiger partial charge in [0.05, 0.1) is 5.41 Å². The highest BCUT2D eigenvalue weighted by molar-refractivity contribution is 5.97. The fourth-order valence-electron chi connectivity index (χ4n) is 4.94. The summed E-state index contributed by atoms with van der Waals surface area (Å²) in [5, 5.41) is 10.2. The number of anilines is 2. The fraction of sp³-hybridized carbons (Fsp3) is 0.444. The van der Waals surface area contributed by atoms with Crippen LogP contribution < -0.4 is 9.80 Å². The first-order valence-corrected chi connectivity index (χ1v) is 12.1. The molecule has 0 radical (unpaired) electrons. The number of carbonyl (C=O) groups excluding carboxylic acids is 2. The minimum atomic E-state index is -1.22. The molecule has 1 atom stereocenters. The maximum atomic E-state index is 13.6. The lowest BCUT2D eigenvalue weighted by Crippen LogP contribution is -2.52. The molecule has 1 aliphatic heterocycles. The molecule has 1 N–H and O–H groups in total. The van der Waals surface area contributed by atoms with Gasteiger partial charge in [-0.3, -0.25) is 14.5 Å². The Morgan fingerprint density at radius 3 is 2.17 bits per heavy atom. The number of aliphatic carboxylic acids is 1. The number of hydrogen-bond acceptors (Lipinski definition) is 3. The van der Waals surface area contributed by atoms with Crippen LogP contribution in [0.25, 0.3) is 0 Å². The number of urea groups is 1. The van der Waals surface area contributed by atoms with E-state index in [4.69, 9.17) is 0 Å². The van der Waals surface area contributed by atoms with Crippen LogP contribution in [0.3, 0.4) is 0 Å². The zero-order valence-corrected chi connectivity index (χ0v) is 20.2. The molecule has 0 spiro atoms. The minimum Gasteiger partial charge on any atom is -0.481 e. The second-order valence-corrected chi connectivity index (χ2v) is 9.74. The molecular weight excluding hydrogens is 449 g/mol. The monoisotopic (exact) mass is 481 g/mol. The number of carboxylic acids is 1. The van der Waals surface area contributed by atoms with Crippen LogP contribution in [-0.4, -0.2) is 54.1 Å². The van der Waals surface area contributed by atoms with Crippen molar-refractivity contribution < 1.29 is 23.9 Å². The van der Waals surface area contributed by atoms with Crippen molar-refractivity contribution in [1.82, 2.24) is 4.90 Å². The molecule has 1 aliphatic carbocycles. The van der Waals surface area contributed by atoms with Crippen molar-refractivity contribution >= 4 is 29.3 Å². The summed E-state index contributed by atoms with van der Waals surface area (Å²) in [4.78, 5) is 43.8. The summed E-state index contributed by atoms with van der Waals surface area (Å²) < 4.78 is 13.2. The van der Waals surface area contributed by atoms with Gasteiger partial charge in [0.2, 0.25) is 5.91 Å². The van der Waals surface area contributed by atoms with Crippen molar-refractivity contribution in [3.05, 3.63) is 60.4 Å². The van der Waals surface area contributed by atoms with Gasteiger partial charge in [0.25, 0.3) is 0 Å². The summed E-state index contributed by atoms with van der Waals surface area (Å²) >= 11 is 0. The van der Waals surface area contributed by atoms with Crippen molar-refractivity contribution in [2.24, 2.45) is 11.3 Å². The molecule has 1 unspecified atom stereocenters. The highest BCUT2D eigenvalue weighted by Crippen LogP contribution is 2.40. The Morgan fingerprint density at radius 1 is 1.03 bits per heavy atom. The highest BCUT2D eigenvalue weighted by atomic mass is 19.1. The van der Waals surface area contributed by atoms with Crippen LogP contribution in [0.15, 0.2) is 54.6 Å². The minimum absolute atomic E-state index is 0.00164. The third-order valence-electron chi connectivity index (χ3n) is 7.45. The molecule has 2 fully saturated rings. The molecule has 2 aromatic carbocycles. The SMILES string of the molecule is CC(C1CC1)N(C(=O)CC1(C(=O)O)CCN(C(=O)N(C)c2ccc(F)cc2)CC1)c1ccccc1. The molecular formula is C27H32FN3O4. The number of piperidine rings is 1. The van der Waals surface area contributed by atoms with Gasteiger partial charge in [0.15, 0.2) is 0 Å². The van der Waals surface area contributed by atoms with Gasteiger partial charge in [-0.05, 0) is 74.9 Å². The summed E-state index contributed by atoms with van der Waals surface area (Å²) in [5.74, 6) is -1.15. The zero-order valence-electron chi connectivity index (χ0n) is 20.2. The van der Waals surface area contributed by atoms with Crippen molar-refractivity contribution in [1.29, 1.82) is 0 Å². The number of likely N-dealkylation sites (tertiary alicyclic amines) is 1. The van der Waals surface area contributed by atoms with Crippen LogP contribution in [-0.2, 0) is 9.59 Å². The Labute approximate surface area is 205 Å². The molecule has 0 aromatic heterocycles. The molecule has 2 aromatic rings. The molecule has 7 nitrogen and oxygen atoms in total. The Morgan fingerprint density at radius 2 is 1.63 bits per heavy atom. The zero-order chi connectivity index (χ0) is 25.2. The van der Waals surface area contributed by atoms with Crippen LogP contribution in [0, 0.1) is 17.2 Å². The van der Waals surface area contributed by atoms with E-state index >= 15 is 0 Å². The van der Waals surface area contributed by atoms with Crippen molar-refractivity contribution in [3.63, 3.8) is 0 Å². The lowest BCUT2D eigenvalue weighted by Gasteiger charge is -2.41. The second-order valence-electron chi connectivity index (χ2n) is 9.74. The van der Waals surface area contributed by atoms with Crippen LogP contribution in [0.1, 0.15) is 39.0 Å². The van der Waals surface area contributed by atoms with Gasteiger partial charge in [-0.15, -0.1) is 0 Å². The molecule has 1 heterocycles. The molecule has 1 saturated heterocycles. The van der Waals surface area contributed by atoms with Crippen LogP contribution in [0.5, 0.6) is 0 Å². The predicted octanol–water partition coefficient (Wildman–Crippen LogP) is 4.77. The third-order valence-corrected chi connectivity index (χ3v) is 7.45. The standard InChI is InChI=1S/C27H32FN3O4/c1-19(20-8-9-20)31(23-6-4-3-5-7-23)24(32)18-27(25(33)34)14-16-30(17-15-27)26(35)29(2)22-12-10-21(28)11-13-22/h3-7,10-13,19-20H,8-9,14-18H2,1-2H3,(H,33,34). The van der Waals surface area contributed by atoms with E-state index in [0.29, 0.717) is 11.6 Å². The number of carbonyl (C=O) groups is 3. The van der Waals surface area contributed by atoms with Crippen LogP contribution >= 0.6 is 0 Å². The number of para-hydroxylation sites is 1. The molecule has 0 bridgehead atoms. The van der Waals surface area contributed by atoms with Gasteiger partial charge >= 0.3 is 12.0 Å². The Hall–Kier alpha value is -3.42. The average Bonchev–Trinajstić information content (AvgIpc) is 3.70. The summed E-state index contributed by atoms with van der Waals surface area (Å²) in [6.45, 7) is 2.49. The number of carboxylic acid groups (broad SMARTS) is 1. The Balaban J connectivity index is 1.46. The lowest BCUT2D eigenvalue weighted by atomic mass is 9.75. The number of rotatable bonds is 7. The Bertz CT molecular complexity index is 1060. The maximum absolute atomic E-state index is 13.6. The van der Waals surface area contributed by atoms with Crippen molar-refractivity contribution in [2.45, 2.75) is 45.1 Å². The third kappa shape index (κ3) is 5.31. The first kappa shape index (κ1) is 24.7. The predicted molar refractivity (Wildman–Crippen MR) is 132 cm³/mol. The van der Waals surface area contributed by atoms with Crippen LogP contribution in [0.2, 0.25) is 0 Å². The van der Waals surface area contributed by atoms with Gasteiger partial charge in [-0.2, -0.15) is 0 Å². The highest BCUT2D eigenvalue weighted by Gasteiger charge is 2.46. The van der Waals surface area contributed by atoms with E-state index in [1.165, 1.54) is 29.2 Å². The van der Waals surface area contributed by atoms with Gasteiger partial charge in [-0.25, -0.2) is 9.18 Å². The van der Waals surface area contributed by atoms with E-state index in [-0.39, 0.29) is 56.1 Å². The summed E-state index contributed by atoms with van der Waals surface area (Å²) in [6.07, 6.45) is 2.42. The number of amides is 3. The topological polar surface area (TPSA) is 81.2 Å². The lowest BCUT2D eigenvalue weighted by molar-refractivity contribution is -0.154. The smallest absolute Gasteiger partial charge is 0.324 e. The molecule has 1 saturated carbocycles. The molecule has 3 amide bonds. The first-order valence-electron chi connectivity index (χ1n) is 12.1. The van der Waals surface area contributed by atoms with Crippen molar-refractivity contribution in [2.75, 3.05) is 29.9 Å². The summed E-state index contributed by atoms with van der Waals surface area (Å²) in [6, 6.07) is 14.8. The van der Waals surface area contributed by atoms with Crippen molar-refractivity contribution in [3.8, 4) is 0 Å². The molecule has 2 aliphatic rings. The second kappa shape index (κ2) is 10.1. The molecule has 4 rings (SSSR count). The van der Waals surface area contributed by atoms with E-state index in [0.717, 1.165) is 18.5 Å². The van der Waals surface area contributed by atoms with E-state index in [9.17, 15) is 23.9 Å². The number of hydrogen-bond donors (Lipinski definition) is 1. The number of nitrogens with zero attached hydrogens (tertiary/aromatic N) is 3. The van der Waals surface area contributed by atoms with E-state index < -0.39 is 11.4 Å². The number of halogens is 1. The molecule has 186 valence electrons. The largest absolute Gasteiger partial charge is 0.481 e.